The molecule has 0 bridgehead atoms. The average Bonchev–Trinajstić information content (AvgIpc) is 2.79. The van der Waals surface area contributed by atoms with E-state index in [1.54, 1.807) is 23.1 Å². The number of nitro benzene ring substituents is 1. The first-order chi connectivity index (χ1) is 15.7. The minimum Gasteiger partial charge on any atom is -0.368 e. The van der Waals surface area contributed by atoms with Crippen LogP contribution in [0.4, 0.5) is 36.2 Å². The highest BCUT2D eigenvalue weighted by molar-refractivity contribution is 5.67. The van der Waals surface area contributed by atoms with Gasteiger partial charge >= 0.3 is 6.18 Å². The van der Waals surface area contributed by atoms with Crippen LogP contribution in [0, 0.1) is 10.1 Å². The number of hydrogen-bond donors (Lipinski definition) is 1. The van der Waals surface area contributed by atoms with E-state index in [4.69, 9.17) is 0 Å². The second-order valence-corrected chi connectivity index (χ2v) is 7.72. The second-order valence-electron chi connectivity index (χ2n) is 7.72. The lowest BCUT2D eigenvalue weighted by Crippen LogP contribution is -2.45. The molecule has 3 aromatic rings. The Balaban J connectivity index is 1.61. The summed E-state index contributed by atoms with van der Waals surface area (Å²) in [5.41, 5.74) is 0.419. The van der Waals surface area contributed by atoms with Crippen molar-refractivity contribution in [1.29, 1.82) is 0 Å². The molecule has 1 aliphatic rings. The van der Waals surface area contributed by atoms with Crippen molar-refractivity contribution in [2.45, 2.75) is 6.18 Å². The highest BCUT2D eigenvalue weighted by Crippen LogP contribution is 2.39. The molecular formula is C22H21F3N6O2. The van der Waals surface area contributed by atoms with Gasteiger partial charge in [-0.1, -0.05) is 12.1 Å². The number of halogens is 3. The van der Waals surface area contributed by atoms with Gasteiger partial charge in [0.15, 0.2) is 0 Å². The number of non-ortho nitro benzene ring substituents is 1. The minimum absolute atomic E-state index is 0.0828. The molecule has 2 aromatic carbocycles. The maximum Gasteiger partial charge on any atom is 0.418 e. The summed E-state index contributed by atoms with van der Waals surface area (Å²) in [6.45, 7) is 2.41. The van der Waals surface area contributed by atoms with Gasteiger partial charge in [-0.3, -0.25) is 10.1 Å². The Hall–Kier alpha value is -3.73. The quantitative estimate of drug-likeness (QED) is 0.443. The zero-order valence-corrected chi connectivity index (χ0v) is 17.7. The lowest BCUT2D eigenvalue weighted by Gasteiger charge is -2.35. The monoisotopic (exact) mass is 458 g/mol. The van der Waals surface area contributed by atoms with E-state index in [1.807, 2.05) is 7.05 Å². The summed E-state index contributed by atoms with van der Waals surface area (Å²) < 4.78 is 41.5. The summed E-state index contributed by atoms with van der Waals surface area (Å²) in [7, 11) is 1.94. The minimum atomic E-state index is -4.53. The lowest BCUT2D eigenvalue weighted by molar-refractivity contribution is -0.384. The standard InChI is InChI=1S/C22H21F3N6O2/c1-29-9-11-30(12-10-29)20-6-5-16(14-18(20)22(23,24)25)27-21-26-8-7-19(28-21)15-3-2-4-17(13-15)31(32)33/h2-8,13-14H,9-12H2,1H3,(H,26,27,28). The number of aromatic nitrogens is 2. The molecule has 172 valence electrons. The number of likely N-dealkylation sites (N-methyl/N-ethyl adjacent to an activating group) is 1. The zero-order valence-electron chi connectivity index (χ0n) is 17.7. The van der Waals surface area contributed by atoms with Crippen molar-refractivity contribution in [3.05, 3.63) is 70.4 Å². The third-order valence-electron chi connectivity index (χ3n) is 5.41. The van der Waals surface area contributed by atoms with Crippen LogP contribution in [0.25, 0.3) is 11.3 Å². The molecule has 33 heavy (non-hydrogen) atoms. The van der Waals surface area contributed by atoms with Gasteiger partial charge in [-0.15, -0.1) is 0 Å². The Morgan fingerprint density at radius 1 is 1.06 bits per heavy atom. The molecule has 0 amide bonds. The summed E-state index contributed by atoms with van der Waals surface area (Å²) >= 11 is 0. The summed E-state index contributed by atoms with van der Waals surface area (Å²) in [4.78, 5) is 22.7. The number of anilines is 3. The summed E-state index contributed by atoms with van der Waals surface area (Å²) in [5, 5.41) is 13.8. The van der Waals surface area contributed by atoms with Gasteiger partial charge in [0.2, 0.25) is 5.95 Å². The molecule has 0 unspecified atom stereocenters. The maximum absolute atomic E-state index is 13.8. The van der Waals surface area contributed by atoms with E-state index in [-0.39, 0.29) is 23.0 Å². The topological polar surface area (TPSA) is 87.4 Å². The van der Waals surface area contributed by atoms with Crippen LogP contribution in [-0.4, -0.2) is 53.0 Å². The van der Waals surface area contributed by atoms with Crippen molar-refractivity contribution in [3.63, 3.8) is 0 Å². The largest absolute Gasteiger partial charge is 0.418 e. The van der Waals surface area contributed by atoms with Crippen molar-refractivity contribution in [2.75, 3.05) is 43.4 Å². The Kier molecular flexibility index (Phi) is 6.14. The Morgan fingerprint density at radius 2 is 1.82 bits per heavy atom. The molecule has 8 nitrogen and oxygen atoms in total. The smallest absolute Gasteiger partial charge is 0.368 e. The zero-order chi connectivity index (χ0) is 23.6. The van der Waals surface area contributed by atoms with Crippen LogP contribution < -0.4 is 10.2 Å². The molecule has 0 spiro atoms. The number of rotatable bonds is 5. The average molecular weight is 458 g/mol. The van der Waals surface area contributed by atoms with Gasteiger partial charge in [0.1, 0.15) is 0 Å². The number of nitrogens with zero attached hydrogens (tertiary/aromatic N) is 5. The predicted octanol–water partition coefficient (Wildman–Crippen LogP) is 4.57. The fraction of sp³-hybridized carbons (Fsp3) is 0.273. The van der Waals surface area contributed by atoms with E-state index in [1.165, 1.54) is 30.5 Å². The summed E-state index contributed by atoms with van der Waals surface area (Å²) in [6, 6.07) is 11.6. The second kappa shape index (κ2) is 9.02. The normalized spacial score (nSPS) is 14.8. The van der Waals surface area contributed by atoms with Crippen LogP contribution in [-0.2, 0) is 6.18 Å². The fourth-order valence-corrected chi connectivity index (χ4v) is 3.65. The van der Waals surface area contributed by atoms with Crippen molar-refractivity contribution in [3.8, 4) is 11.3 Å². The third-order valence-corrected chi connectivity index (χ3v) is 5.41. The van der Waals surface area contributed by atoms with Crippen LogP contribution in [0.1, 0.15) is 5.56 Å². The van der Waals surface area contributed by atoms with Crippen molar-refractivity contribution in [2.24, 2.45) is 0 Å². The van der Waals surface area contributed by atoms with E-state index < -0.39 is 16.7 Å². The summed E-state index contributed by atoms with van der Waals surface area (Å²) in [6.07, 6.45) is -3.09. The Bertz CT molecular complexity index is 1160. The van der Waals surface area contributed by atoms with Crippen molar-refractivity contribution >= 4 is 23.0 Å². The number of hydrogen-bond acceptors (Lipinski definition) is 7. The molecule has 11 heteroatoms. The maximum atomic E-state index is 13.8. The predicted molar refractivity (Wildman–Crippen MR) is 119 cm³/mol. The van der Waals surface area contributed by atoms with Gasteiger partial charge in [0.05, 0.1) is 16.2 Å². The highest BCUT2D eigenvalue weighted by Gasteiger charge is 2.35. The number of nitrogens with one attached hydrogen (secondary N) is 1. The highest BCUT2D eigenvalue weighted by atomic mass is 19.4. The molecule has 2 heterocycles. The molecule has 1 fully saturated rings. The first-order valence-corrected chi connectivity index (χ1v) is 10.2. The molecule has 1 aromatic heterocycles. The van der Waals surface area contributed by atoms with Crippen LogP contribution in [0.3, 0.4) is 0 Å². The molecule has 0 saturated carbocycles. The van der Waals surface area contributed by atoms with Gasteiger partial charge in [0, 0.05) is 61.4 Å². The molecule has 0 aliphatic carbocycles. The van der Waals surface area contributed by atoms with E-state index in [0.29, 0.717) is 37.4 Å². The lowest BCUT2D eigenvalue weighted by atomic mass is 10.1. The van der Waals surface area contributed by atoms with Crippen LogP contribution >= 0.6 is 0 Å². The van der Waals surface area contributed by atoms with Gasteiger partial charge < -0.3 is 15.1 Å². The van der Waals surface area contributed by atoms with Crippen molar-refractivity contribution in [1.82, 2.24) is 14.9 Å². The summed E-state index contributed by atoms with van der Waals surface area (Å²) in [5.74, 6) is 0.0828. The molecule has 1 saturated heterocycles. The van der Waals surface area contributed by atoms with Gasteiger partial charge in [0.25, 0.3) is 5.69 Å². The molecule has 0 radical (unpaired) electrons. The number of piperazine rings is 1. The van der Waals surface area contributed by atoms with E-state index in [9.17, 15) is 23.3 Å². The molecular weight excluding hydrogens is 437 g/mol. The molecule has 1 N–H and O–H groups in total. The van der Waals surface area contributed by atoms with Crippen LogP contribution in [0.2, 0.25) is 0 Å². The van der Waals surface area contributed by atoms with Gasteiger partial charge in [-0.05, 0) is 31.3 Å². The third kappa shape index (κ3) is 5.20. The van der Waals surface area contributed by atoms with E-state index >= 15 is 0 Å². The fourth-order valence-electron chi connectivity index (χ4n) is 3.65. The van der Waals surface area contributed by atoms with Crippen molar-refractivity contribution < 1.29 is 18.1 Å². The van der Waals surface area contributed by atoms with E-state index in [2.05, 4.69) is 20.2 Å². The Morgan fingerprint density at radius 3 is 2.52 bits per heavy atom. The molecule has 0 atom stereocenters. The van der Waals surface area contributed by atoms with Crippen LogP contribution in [0.15, 0.2) is 54.7 Å². The Labute approximate surface area is 187 Å². The number of nitro groups is 1. The van der Waals surface area contributed by atoms with Gasteiger partial charge in [-0.25, -0.2) is 9.97 Å². The van der Waals surface area contributed by atoms with Gasteiger partial charge in [-0.2, -0.15) is 13.2 Å². The molecule has 1 aliphatic heterocycles. The SMILES string of the molecule is CN1CCN(c2ccc(Nc3nccc(-c4cccc([N+](=O)[O-])c4)n3)cc2C(F)(F)F)CC1. The van der Waals surface area contributed by atoms with Crippen LogP contribution in [0.5, 0.6) is 0 Å². The molecule has 4 rings (SSSR count). The first kappa shape index (κ1) is 22.5. The van der Waals surface area contributed by atoms with E-state index in [0.717, 1.165) is 6.07 Å². The first-order valence-electron chi connectivity index (χ1n) is 10.2. The number of benzene rings is 2. The number of alkyl halides is 3.